The molecule has 5 nitrogen and oxygen atoms in total. The van der Waals surface area contributed by atoms with Crippen LogP contribution in [-0.2, 0) is 16.0 Å². The van der Waals surface area contributed by atoms with Crippen LogP contribution in [0.4, 0.5) is 0 Å². The van der Waals surface area contributed by atoms with Gasteiger partial charge in [0.15, 0.2) is 0 Å². The molecule has 1 saturated carbocycles. The summed E-state index contributed by atoms with van der Waals surface area (Å²) in [5.74, 6) is 1.59. The van der Waals surface area contributed by atoms with Gasteiger partial charge in [-0.25, -0.2) is 0 Å². The second-order valence-electron chi connectivity index (χ2n) is 9.18. The minimum atomic E-state index is -0.187. The van der Waals surface area contributed by atoms with Crippen LogP contribution in [0.25, 0.3) is 0 Å². The number of benzene rings is 1. The Morgan fingerprint density at radius 3 is 2.86 bits per heavy atom. The SMILES string of the molecule is CCc1ccccc1C(=O)N1C[C@@H]2[C@H](CNC(=O)CC3CC3)[C@H]3CC[C@]2(C1)O3. The normalized spacial score (nSPS) is 33.2. The lowest BCUT2D eigenvalue weighted by Gasteiger charge is -2.29. The molecule has 3 aliphatic heterocycles. The van der Waals surface area contributed by atoms with Gasteiger partial charge >= 0.3 is 0 Å². The van der Waals surface area contributed by atoms with E-state index in [1.165, 1.54) is 12.8 Å². The van der Waals surface area contributed by atoms with Crippen molar-refractivity contribution in [1.82, 2.24) is 10.2 Å². The lowest BCUT2D eigenvalue weighted by atomic mass is 9.73. The van der Waals surface area contributed by atoms with Gasteiger partial charge in [-0.05, 0) is 49.7 Å². The number of rotatable bonds is 6. The number of nitrogens with zero attached hydrogens (tertiary/aromatic N) is 1. The van der Waals surface area contributed by atoms with Crippen molar-refractivity contribution in [2.24, 2.45) is 17.8 Å². The molecule has 1 aliphatic carbocycles. The van der Waals surface area contributed by atoms with E-state index in [1.807, 2.05) is 29.2 Å². The van der Waals surface area contributed by atoms with Crippen LogP contribution in [0.2, 0.25) is 0 Å². The third-order valence-corrected chi connectivity index (χ3v) is 7.41. The quantitative estimate of drug-likeness (QED) is 0.823. The van der Waals surface area contributed by atoms with Crippen molar-refractivity contribution in [3.8, 4) is 0 Å². The third kappa shape index (κ3) is 3.04. The number of nitrogens with one attached hydrogen (secondary N) is 1. The Morgan fingerprint density at radius 1 is 1.25 bits per heavy atom. The van der Waals surface area contributed by atoms with Crippen molar-refractivity contribution >= 4 is 11.8 Å². The van der Waals surface area contributed by atoms with Crippen LogP contribution < -0.4 is 5.32 Å². The number of fused-ring (bicyclic) bond motifs is 1. The van der Waals surface area contributed by atoms with E-state index in [1.54, 1.807) is 0 Å². The van der Waals surface area contributed by atoms with Gasteiger partial charge in [0.1, 0.15) is 0 Å². The summed E-state index contributed by atoms with van der Waals surface area (Å²) in [5, 5.41) is 3.16. The molecular formula is C23H30N2O3. The number of likely N-dealkylation sites (tertiary alicyclic amines) is 1. The van der Waals surface area contributed by atoms with E-state index >= 15 is 0 Å². The predicted octanol–water partition coefficient (Wildman–Crippen LogP) is 2.78. The highest BCUT2D eigenvalue weighted by molar-refractivity contribution is 5.96. The third-order valence-electron chi connectivity index (χ3n) is 7.41. The van der Waals surface area contributed by atoms with Gasteiger partial charge in [0, 0.05) is 36.9 Å². The summed E-state index contributed by atoms with van der Waals surface area (Å²) in [4.78, 5) is 27.4. The van der Waals surface area contributed by atoms with Gasteiger partial charge in [0.25, 0.3) is 5.91 Å². The second kappa shape index (κ2) is 6.87. The highest BCUT2D eigenvalue weighted by Crippen LogP contribution is 2.54. The summed E-state index contributed by atoms with van der Waals surface area (Å²) in [6, 6.07) is 7.93. The van der Waals surface area contributed by atoms with Crippen LogP contribution >= 0.6 is 0 Å². The molecule has 150 valence electrons. The number of hydrogen-bond donors (Lipinski definition) is 1. The molecule has 4 fully saturated rings. The van der Waals surface area contributed by atoms with Gasteiger partial charge in [-0.2, -0.15) is 0 Å². The molecule has 1 aromatic carbocycles. The average molecular weight is 383 g/mol. The molecule has 1 aromatic rings. The Morgan fingerprint density at radius 2 is 2.07 bits per heavy atom. The van der Waals surface area contributed by atoms with Gasteiger partial charge in [0.2, 0.25) is 5.91 Å². The van der Waals surface area contributed by atoms with Crippen molar-refractivity contribution in [3.05, 3.63) is 35.4 Å². The molecule has 0 aromatic heterocycles. The molecule has 2 bridgehead atoms. The molecule has 3 saturated heterocycles. The van der Waals surface area contributed by atoms with Crippen molar-refractivity contribution in [2.45, 2.75) is 57.2 Å². The molecular weight excluding hydrogens is 352 g/mol. The van der Waals surface area contributed by atoms with Gasteiger partial charge in [-0.15, -0.1) is 0 Å². The van der Waals surface area contributed by atoms with E-state index in [0.29, 0.717) is 37.3 Å². The van der Waals surface area contributed by atoms with Crippen molar-refractivity contribution < 1.29 is 14.3 Å². The molecule has 2 amide bonds. The van der Waals surface area contributed by atoms with E-state index in [0.717, 1.165) is 36.9 Å². The Labute approximate surface area is 166 Å². The van der Waals surface area contributed by atoms with Gasteiger partial charge in [-0.3, -0.25) is 9.59 Å². The van der Waals surface area contributed by atoms with E-state index in [4.69, 9.17) is 4.74 Å². The minimum absolute atomic E-state index is 0.129. The average Bonchev–Trinajstić information content (AvgIpc) is 3.19. The maximum Gasteiger partial charge on any atom is 0.254 e. The van der Waals surface area contributed by atoms with Crippen LogP contribution in [0.3, 0.4) is 0 Å². The first kappa shape index (κ1) is 18.2. The zero-order chi connectivity index (χ0) is 19.3. The summed E-state index contributed by atoms with van der Waals surface area (Å²) in [6.07, 6.45) is 6.26. The maximum atomic E-state index is 13.2. The van der Waals surface area contributed by atoms with Crippen LogP contribution in [0.5, 0.6) is 0 Å². The van der Waals surface area contributed by atoms with Crippen LogP contribution in [0.15, 0.2) is 24.3 Å². The molecule has 5 rings (SSSR count). The molecule has 1 N–H and O–H groups in total. The number of hydrogen-bond acceptors (Lipinski definition) is 3. The lowest BCUT2D eigenvalue weighted by Crippen LogP contribution is -2.41. The minimum Gasteiger partial charge on any atom is -0.369 e. The molecule has 1 spiro atoms. The summed E-state index contributed by atoms with van der Waals surface area (Å²) in [5.41, 5.74) is 1.74. The van der Waals surface area contributed by atoms with Crippen molar-refractivity contribution in [1.29, 1.82) is 0 Å². The molecule has 28 heavy (non-hydrogen) atoms. The van der Waals surface area contributed by atoms with E-state index in [9.17, 15) is 9.59 Å². The molecule has 3 heterocycles. The van der Waals surface area contributed by atoms with Gasteiger partial charge in [-0.1, -0.05) is 25.1 Å². The van der Waals surface area contributed by atoms with Crippen LogP contribution in [0.1, 0.15) is 54.9 Å². The molecule has 0 radical (unpaired) electrons. The monoisotopic (exact) mass is 382 g/mol. The Hall–Kier alpha value is -1.88. The number of aryl methyl sites for hydroxylation is 1. The summed E-state index contributed by atoms with van der Waals surface area (Å²) in [7, 11) is 0. The van der Waals surface area contributed by atoms with Crippen molar-refractivity contribution in [2.75, 3.05) is 19.6 Å². The first-order valence-corrected chi connectivity index (χ1v) is 10.9. The molecule has 4 atom stereocenters. The number of carbonyl (C=O) groups excluding carboxylic acids is 2. The summed E-state index contributed by atoms with van der Waals surface area (Å²) in [6.45, 7) is 4.22. The van der Waals surface area contributed by atoms with E-state index < -0.39 is 0 Å². The molecule has 4 aliphatic rings. The van der Waals surface area contributed by atoms with Gasteiger partial charge in [0.05, 0.1) is 18.2 Å². The van der Waals surface area contributed by atoms with E-state index in [-0.39, 0.29) is 23.5 Å². The lowest BCUT2D eigenvalue weighted by molar-refractivity contribution is -0.121. The van der Waals surface area contributed by atoms with E-state index in [2.05, 4.69) is 12.2 Å². The fraction of sp³-hybridized carbons (Fsp3) is 0.652. The number of carbonyl (C=O) groups is 2. The molecule has 0 unspecified atom stereocenters. The highest BCUT2D eigenvalue weighted by Gasteiger charge is 2.63. The first-order valence-electron chi connectivity index (χ1n) is 10.9. The van der Waals surface area contributed by atoms with Gasteiger partial charge < -0.3 is 15.0 Å². The number of amides is 2. The molecule has 5 heteroatoms. The fourth-order valence-corrected chi connectivity index (χ4v) is 5.71. The van der Waals surface area contributed by atoms with Crippen LogP contribution in [-0.4, -0.2) is 48.1 Å². The fourth-order valence-electron chi connectivity index (χ4n) is 5.71. The standard InChI is InChI=1S/C23H30N2O3/c1-2-16-5-3-4-6-17(16)22(27)25-13-19-18(12-24-21(26)11-15-7-8-15)20-9-10-23(19,14-25)28-20/h3-6,15,18-20H,2,7-14H2,1H3,(H,24,26)/t18-,19+,20+,23+/m0/s1. The largest absolute Gasteiger partial charge is 0.369 e. The highest BCUT2D eigenvalue weighted by atomic mass is 16.5. The smallest absolute Gasteiger partial charge is 0.254 e. The number of ether oxygens (including phenoxy) is 1. The van der Waals surface area contributed by atoms with Crippen LogP contribution in [0, 0.1) is 17.8 Å². The summed E-state index contributed by atoms with van der Waals surface area (Å²) < 4.78 is 6.45. The topological polar surface area (TPSA) is 58.6 Å². The van der Waals surface area contributed by atoms with Crippen molar-refractivity contribution in [3.63, 3.8) is 0 Å². The Bertz CT molecular complexity index is 790. The maximum absolute atomic E-state index is 13.2. The predicted molar refractivity (Wildman–Crippen MR) is 106 cm³/mol. The summed E-state index contributed by atoms with van der Waals surface area (Å²) >= 11 is 0. The first-order chi connectivity index (χ1) is 13.6. The second-order valence-corrected chi connectivity index (χ2v) is 9.18. The zero-order valence-corrected chi connectivity index (χ0v) is 16.7. The Balaban J connectivity index is 1.28. The zero-order valence-electron chi connectivity index (χ0n) is 16.7. The Kier molecular flexibility index (Phi) is 4.46.